The lowest BCUT2D eigenvalue weighted by Gasteiger charge is -2.13. The molecule has 0 aliphatic rings. The van der Waals surface area contributed by atoms with Crippen molar-refractivity contribution >= 4 is 29.9 Å². The lowest BCUT2D eigenvalue weighted by Crippen LogP contribution is -2.36. The van der Waals surface area contributed by atoms with Crippen LogP contribution in [0.25, 0.3) is 5.69 Å². The van der Waals surface area contributed by atoms with Gasteiger partial charge in [-0.25, -0.2) is 4.68 Å². The first-order valence-corrected chi connectivity index (χ1v) is 9.57. The molecule has 0 aliphatic carbocycles. The molecule has 1 heterocycles. The van der Waals surface area contributed by atoms with E-state index in [4.69, 9.17) is 9.47 Å². The standard InChI is InChI=1S/C22H27N5O2.HI/c1-4-29-21-8-6-5-7-17(21)15-24-22(23-2)25-16-18-13-14-27(26-18)19-9-11-20(28-3)12-10-19;/h5-14H,4,15-16H2,1-3H3,(H2,23,24,25);1H. The maximum absolute atomic E-state index is 5.67. The fourth-order valence-electron chi connectivity index (χ4n) is 2.85. The predicted octanol–water partition coefficient (Wildman–Crippen LogP) is 3.76. The first kappa shape index (κ1) is 23.5. The van der Waals surface area contributed by atoms with Crippen molar-refractivity contribution in [3.05, 3.63) is 72.1 Å². The number of hydrogen-bond donors (Lipinski definition) is 2. The number of benzene rings is 2. The van der Waals surface area contributed by atoms with Crippen molar-refractivity contribution in [1.82, 2.24) is 20.4 Å². The molecule has 1 aromatic heterocycles. The van der Waals surface area contributed by atoms with Crippen LogP contribution in [0.2, 0.25) is 0 Å². The van der Waals surface area contributed by atoms with Crippen molar-refractivity contribution in [2.24, 2.45) is 4.99 Å². The monoisotopic (exact) mass is 521 g/mol. The number of guanidine groups is 1. The van der Waals surface area contributed by atoms with Gasteiger partial charge in [0, 0.05) is 25.4 Å². The van der Waals surface area contributed by atoms with Crippen LogP contribution in [0.3, 0.4) is 0 Å². The second-order valence-corrected chi connectivity index (χ2v) is 6.27. The molecule has 2 N–H and O–H groups in total. The number of aliphatic imine (C=N–C) groups is 1. The highest BCUT2D eigenvalue weighted by Gasteiger charge is 2.06. The highest BCUT2D eigenvalue weighted by atomic mass is 127. The average Bonchev–Trinajstić information content (AvgIpc) is 3.24. The molecule has 2 aromatic carbocycles. The molecule has 3 aromatic rings. The Morgan fingerprint density at radius 2 is 1.77 bits per heavy atom. The molecule has 0 atom stereocenters. The first-order valence-electron chi connectivity index (χ1n) is 9.57. The molecule has 0 radical (unpaired) electrons. The van der Waals surface area contributed by atoms with Crippen LogP contribution in [0.4, 0.5) is 0 Å². The molecule has 30 heavy (non-hydrogen) atoms. The van der Waals surface area contributed by atoms with E-state index in [9.17, 15) is 0 Å². The van der Waals surface area contributed by atoms with Crippen LogP contribution in [0, 0.1) is 0 Å². The largest absolute Gasteiger partial charge is 0.497 e. The molecule has 0 aliphatic heterocycles. The fourth-order valence-corrected chi connectivity index (χ4v) is 2.85. The van der Waals surface area contributed by atoms with Crippen LogP contribution >= 0.6 is 24.0 Å². The first-order chi connectivity index (χ1) is 14.2. The zero-order valence-corrected chi connectivity index (χ0v) is 19.8. The number of hydrogen-bond acceptors (Lipinski definition) is 4. The molecule has 3 rings (SSSR count). The summed E-state index contributed by atoms with van der Waals surface area (Å²) in [5.41, 5.74) is 2.98. The molecule has 0 spiro atoms. The fraction of sp³-hybridized carbons (Fsp3) is 0.273. The van der Waals surface area contributed by atoms with Gasteiger partial charge < -0.3 is 20.1 Å². The molecular weight excluding hydrogens is 493 g/mol. The Bertz CT molecular complexity index is 941. The summed E-state index contributed by atoms with van der Waals surface area (Å²) in [6.45, 7) is 3.81. The minimum atomic E-state index is 0. The topological polar surface area (TPSA) is 72.7 Å². The van der Waals surface area contributed by atoms with Crippen LogP contribution in [-0.2, 0) is 13.1 Å². The van der Waals surface area contributed by atoms with E-state index in [0.717, 1.165) is 28.4 Å². The lowest BCUT2D eigenvalue weighted by molar-refractivity contribution is 0.336. The molecule has 0 fully saturated rings. The van der Waals surface area contributed by atoms with Gasteiger partial charge in [-0.3, -0.25) is 4.99 Å². The summed E-state index contributed by atoms with van der Waals surface area (Å²) in [6, 6.07) is 17.8. The van der Waals surface area contributed by atoms with Crippen LogP contribution in [-0.4, -0.2) is 36.5 Å². The van der Waals surface area contributed by atoms with Gasteiger partial charge in [-0.15, -0.1) is 24.0 Å². The van der Waals surface area contributed by atoms with Crippen molar-refractivity contribution in [3.63, 3.8) is 0 Å². The molecular formula is C22H28IN5O2. The second-order valence-electron chi connectivity index (χ2n) is 6.27. The van der Waals surface area contributed by atoms with Crippen LogP contribution < -0.4 is 20.1 Å². The molecule has 8 heteroatoms. The van der Waals surface area contributed by atoms with E-state index in [-0.39, 0.29) is 24.0 Å². The van der Waals surface area contributed by atoms with Gasteiger partial charge in [0.05, 0.1) is 31.6 Å². The zero-order valence-electron chi connectivity index (χ0n) is 17.5. The van der Waals surface area contributed by atoms with Gasteiger partial charge in [-0.05, 0) is 43.3 Å². The summed E-state index contributed by atoms with van der Waals surface area (Å²) in [4.78, 5) is 4.28. The number of methoxy groups -OCH3 is 1. The van der Waals surface area contributed by atoms with Crippen LogP contribution in [0.1, 0.15) is 18.2 Å². The van der Waals surface area contributed by atoms with Gasteiger partial charge >= 0.3 is 0 Å². The Morgan fingerprint density at radius 1 is 1.03 bits per heavy atom. The summed E-state index contributed by atoms with van der Waals surface area (Å²) >= 11 is 0. The van der Waals surface area contributed by atoms with E-state index in [1.54, 1.807) is 14.2 Å². The van der Waals surface area contributed by atoms with E-state index in [1.165, 1.54) is 0 Å². The Morgan fingerprint density at radius 3 is 2.47 bits per heavy atom. The smallest absolute Gasteiger partial charge is 0.191 e. The number of nitrogens with zero attached hydrogens (tertiary/aromatic N) is 3. The molecule has 160 valence electrons. The van der Waals surface area contributed by atoms with Gasteiger partial charge in [-0.2, -0.15) is 5.10 Å². The van der Waals surface area contributed by atoms with Crippen LogP contribution in [0.5, 0.6) is 11.5 Å². The number of aromatic nitrogens is 2. The number of halogens is 1. The summed E-state index contributed by atoms with van der Waals surface area (Å²) in [6.07, 6.45) is 1.94. The molecule has 0 saturated carbocycles. The molecule has 0 unspecified atom stereocenters. The Kier molecular flexibility index (Phi) is 9.46. The lowest BCUT2D eigenvalue weighted by atomic mass is 10.2. The van der Waals surface area contributed by atoms with Crippen LogP contribution in [0.15, 0.2) is 65.8 Å². The van der Waals surface area contributed by atoms with Crippen molar-refractivity contribution in [1.29, 1.82) is 0 Å². The highest BCUT2D eigenvalue weighted by molar-refractivity contribution is 14.0. The molecule has 7 nitrogen and oxygen atoms in total. The average molecular weight is 521 g/mol. The molecule has 0 bridgehead atoms. The third-order valence-corrected chi connectivity index (χ3v) is 4.36. The minimum absolute atomic E-state index is 0. The number of rotatable bonds is 8. The SMILES string of the molecule is CCOc1ccccc1CNC(=NC)NCc1ccn(-c2ccc(OC)cc2)n1.I. The number of nitrogens with one attached hydrogen (secondary N) is 2. The predicted molar refractivity (Wildman–Crippen MR) is 130 cm³/mol. The van der Waals surface area contributed by atoms with Crippen molar-refractivity contribution in [3.8, 4) is 17.2 Å². The van der Waals surface area contributed by atoms with E-state index in [1.807, 2.05) is 72.4 Å². The van der Waals surface area contributed by atoms with Gasteiger partial charge in [0.1, 0.15) is 11.5 Å². The Labute approximate surface area is 194 Å². The number of para-hydroxylation sites is 1. The minimum Gasteiger partial charge on any atom is -0.497 e. The van der Waals surface area contributed by atoms with Gasteiger partial charge in [0.25, 0.3) is 0 Å². The maximum atomic E-state index is 5.67. The quantitative estimate of drug-likeness (QED) is 0.269. The van der Waals surface area contributed by atoms with Gasteiger partial charge in [0.2, 0.25) is 0 Å². The van der Waals surface area contributed by atoms with Crippen molar-refractivity contribution < 1.29 is 9.47 Å². The highest BCUT2D eigenvalue weighted by Crippen LogP contribution is 2.17. The molecule has 0 amide bonds. The maximum Gasteiger partial charge on any atom is 0.191 e. The van der Waals surface area contributed by atoms with Crippen molar-refractivity contribution in [2.45, 2.75) is 20.0 Å². The summed E-state index contributed by atoms with van der Waals surface area (Å²) in [5.74, 6) is 2.41. The second kappa shape index (κ2) is 12.1. The summed E-state index contributed by atoms with van der Waals surface area (Å²) < 4.78 is 12.7. The van der Waals surface area contributed by atoms with E-state index >= 15 is 0 Å². The number of ether oxygens (including phenoxy) is 2. The van der Waals surface area contributed by atoms with Gasteiger partial charge in [0.15, 0.2) is 5.96 Å². The van der Waals surface area contributed by atoms with E-state index < -0.39 is 0 Å². The van der Waals surface area contributed by atoms with E-state index in [0.29, 0.717) is 25.7 Å². The van der Waals surface area contributed by atoms with Crippen molar-refractivity contribution in [2.75, 3.05) is 20.8 Å². The third-order valence-electron chi connectivity index (χ3n) is 4.36. The van der Waals surface area contributed by atoms with Gasteiger partial charge in [-0.1, -0.05) is 18.2 Å². The van der Waals surface area contributed by atoms with E-state index in [2.05, 4.69) is 20.7 Å². The Hall–Kier alpha value is -2.75. The normalized spacial score (nSPS) is 10.8. The summed E-state index contributed by atoms with van der Waals surface area (Å²) in [5, 5.41) is 11.2. The zero-order chi connectivity index (χ0) is 20.5. The Balaban J connectivity index is 0.00000320. The summed E-state index contributed by atoms with van der Waals surface area (Å²) in [7, 11) is 3.41. The third kappa shape index (κ3) is 6.38. The molecule has 0 saturated heterocycles.